The molecule has 4 rings (SSSR count). The average Bonchev–Trinajstić information content (AvgIpc) is 3.27. The molecule has 36 heavy (non-hydrogen) atoms. The lowest BCUT2D eigenvalue weighted by atomic mass is 10.00. The number of hydrogen-bond donors (Lipinski definition) is 1. The summed E-state index contributed by atoms with van der Waals surface area (Å²) >= 11 is 0. The van der Waals surface area contributed by atoms with Crippen LogP contribution in [0.2, 0.25) is 0 Å². The van der Waals surface area contributed by atoms with Crippen molar-refractivity contribution in [2.24, 2.45) is 0 Å². The first kappa shape index (κ1) is 24.7. The number of fused-ring (bicyclic) bond motifs is 1. The number of amides is 2. The molecule has 0 aliphatic carbocycles. The molecule has 2 amide bonds. The van der Waals surface area contributed by atoms with Gasteiger partial charge < -0.3 is 10.1 Å². The number of nitrogens with one attached hydrogen (secondary N) is 1. The van der Waals surface area contributed by atoms with Crippen LogP contribution in [0.5, 0.6) is 0 Å². The first-order valence-corrected chi connectivity index (χ1v) is 11.7. The van der Waals surface area contributed by atoms with E-state index in [0.29, 0.717) is 24.4 Å². The fraction of sp³-hybridized carbons (Fsp3) is 0.214. The van der Waals surface area contributed by atoms with Crippen molar-refractivity contribution >= 4 is 23.4 Å². The van der Waals surface area contributed by atoms with E-state index in [2.05, 4.69) is 23.5 Å². The lowest BCUT2D eigenvalue weighted by Crippen LogP contribution is -2.40. The van der Waals surface area contributed by atoms with Crippen molar-refractivity contribution in [3.8, 4) is 0 Å². The molecule has 8 heteroatoms. The quantitative estimate of drug-likeness (QED) is 0.440. The average molecular weight is 485 g/mol. The molecule has 184 valence electrons. The Balaban J connectivity index is 1.65. The highest BCUT2D eigenvalue weighted by Crippen LogP contribution is 2.37. The summed E-state index contributed by atoms with van der Waals surface area (Å²) in [4.78, 5) is 45.6. The van der Waals surface area contributed by atoms with Crippen LogP contribution in [0.15, 0.2) is 97.0 Å². The van der Waals surface area contributed by atoms with Crippen LogP contribution in [0, 0.1) is 0 Å². The largest absolute Gasteiger partial charge is 0.444 e. The molecule has 0 saturated carbocycles. The maximum atomic E-state index is 13.7. The van der Waals surface area contributed by atoms with Gasteiger partial charge in [-0.05, 0) is 30.5 Å². The highest BCUT2D eigenvalue weighted by Gasteiger charge is 2.38. The molecule has 0 spiro atoms. The smallest absolute Gasteiger partial charge is 0.415 e. The van der Waals surface area contributed by atoms with Gasteiger partial charge in [0.15, 0.2) is 0 Å². The summed E-state index contributed by atoms with van der Waals surface area (Å²) in [5.74, 6) is 0.0266. The molecule has 2 atom stereocenters. The number of rotatable bonds is 9. The van der Waals surface area contributed by atoms with E-state index in [1.54, 1.807) is 18.2 Å². The van der Waals surface area contributed by atoms with E-state index in [0.717, 1.165) is 5.56 Å². The molecule has 2 aromatic carbocycles. The third-order valence-corrected chi connectivity index (χ3v) is 6.01. The molecule has 0 unspecified atom stereocenters. The molecule has 3 aromatic rings. The van der Waals surface area contributed by atoms with Crippen LogP contribution in [0.25, 0.3) is 0 Å². The number of benzene rings is 2. The number of hydrogen-bond acceptors (Lipinski definition) is 5. The van der Waals surface area contributed by atoms with Crippen LogP contribution in [0.3, 0.4) is 0 Å². The SMILES string of the molecule is C=CC[C@@H]1C[C@@H](C(=O)Nc2ccccc2)n2c1ncc(N(CC=C)C(=O)OCc1ccccc1)c2=O. The number of carbonyl (C=O) groups excluding carboxylic acids is 2. The van der Waals surface area contributed by atoms with E-state index >= 15 is 0 Å². The molecule has 1 aromatic heterocycles. The summed E-state index contributed by atoms with van der Waals surface area (Å²) in [5.41, 5.74) is 0.982. The van der Waals surface area contributed by atoms with Crippen molar-refractivity contribution in [3.63, 3.8) is 0 Å². The molecule has 1 aliphatic rings. The predicted molar refractivity (Wildman–Crippen MR) is 139 cm³/mol. The Morgan fingerprint density at radius 1 is 1.08 bits per heavy atom. The fourth-order valence-electron chi connectivity index (χ4n) is 4.31. The second-order valence-electron chi connectivity index (χ2n) is 8.44. The highest BCUT2D eigenvalue weighted by molar-refractivity contribution is 5.94. The Morgan fingerprint density at radius 2 is 1.78 bits per heavy atom. The van der Waals surface area contributed by atoms with Crippen molar-refractivity contribution in [2.45, 2.75) is 31.4 Å². The van der Waals surface area contributed by atoms with Gasteiger partial charge in [-0.1, -0.05) is 60.7 Å². The summed E-state index contributed by atoms with van der Waals surface area (Å²) in [5, 5.41) is 2.88. The fourth-order valence-corrected chi connectivity index (χ4v) is 4.31. The second-order valence-corrected chi connectivity index (χ2v) is 8.44. The number of anilines is 2. The topological polar surface area (TPSA) is 93.5 Å². The van der Waals surface area contributed by atoms with E-state index < -0.39 is 17.7 Å². The van der Waals surface area contributed by atoms with Gasteiger partial charge in [0.2, 0.25) is 5.91 Å². The summed E-state index contributed by atoms with van der Waals surface area (Å²) in [7, 11) is 0. The Labute approximate surface area is 209 Å². The number of allylic oxidation sites excluding steroid dienone is 1. The number of para-hydroxylation sites is 1. The summed E-state index contributed by atoms with van der Waals surface area (Å²) in [6.45, 7) is 7.60. The highest BCUT2D eigenvalue weighted by atomic mass is 16.6. The number of ether oxygens (including phenoxy) is 1. The van der Waals surface area contributed by atoms with Gasteiger partial charge in [-0.2, -0.15) is 0 Å². The van der Waals surface area contributed by atoms with E-state index in [-0.39, 0.29) is 30.7 Å². The lowest BCUT2D eigenvalue weighted by molar-refractivity contribution is -0.119. The Kier molecular flexibility index (Phi) is 7.75. The van der Waals surface area contributed by atoms with Gasteiger partial charge >= 0.3 is 6.09 Å². The minimum Gasteiger partial charge on any atom is -0.444 e. The van der Waals surface area contributed by atoms with Crippen LogP contribution in [-0.2, 0) is 16.1 Å². The molecule has 8 nitrogen and oxygen atoms in total. The summed E-state index contributed by atoms with van der Waals surface area (Å²) in [6, 6.07) is 17.5. The van der Waals surface area contributed by atoms with Gasteiger partial charge in [-0.25, -0.2) is 9.78 Å². The zero-order chi connectivity index (χ0) is 25.5. The van der Waals surface area contributed by atoms with Crippen LogP contribution < -0.4 is 15.8 Å². The third kappa shape index (κ3) is 5.27. The van der Waals surface area contributed by atoms with Crippen LogP contribution in [-0.4, -0.2) is 28.1 Å². The van der Waals surface area contributed by atoms with E-state index in [1.165, 1.54) is 21.7 Å². The molecular weight excluding hydrogens is 456 g/mol. The van der Waals surface area contributed by atoms with Gasteiger partial charge in [-0.3, -0.25) is 19.1 Å². The van der Waals surface area contributed by atoms with Gasteiger partial charge in [0, 0.05) is 18.2 Å². The second kappa shape index (κ2) is 11.3. The lowest BCUT2D eigenvalue weighted by Gasteiger charge is -2.22. The maximum absolute atomic E-state index is 13.7. The maximum Gasteiger partial charge on any atom is 0.415 e. The molecule has 0 fully saturated rings. The number of aromatic nitrogens is 2. The molecule has 2 heterocycles. The predicted octanol–water partition coefficient (Wildman–Crippen LogP) is 4.82. The van der Waals surface area contributed by atoms with Crippen molar-refractivity contribution in [1.29, 1.82) is 0 Å². The van der Waals surface area contributed by atoms with Crippen molar-refractivity contribution < 1.29 is 14.3 Å². The minimum atomic E-state index is -0.781. The standard InChI is InChI=1S/C28H28N4O4/c1-3-11-21-17-23(26(33)30-22-14-9-6-10-15-22)32-25(21)29-18-24(27(32)34)31(16-4-2)28(35)36-19-20-12-7-5-8-13-20/h3-10,12-15,18,21,23H,1-2,11,16-17,19H2,(H,30,33)/t21-,23+/m1/s1. The number of nitrogens with zero attached hydrogens (tertiary/aromatic N) is 3. The monoisotopic (exact) mass is 484 g/mol. The Morgan fingerprint density at radius 3 is 2.44 bits per heavy atom. The van der Waals surface area contributed by atoms with Gasteiger partial charge in [0.25, 0.3) is 5.56 Å². The van der Waals surface area contributed by atoms with Crippen LogP contribution >= 0.6 is 0 Å². The Bertz CT molecular complexity index is 1300. The normalized spacial score (nSPS) is 16.0. The van der Waals surface area contributed by atoms with Crippen LogP contribution in [0.1, 0.15) is 36.2 Å². The number of carbonyl (C=O) groups is 2. The molecule has 1 aliphatic heterocycles. The zero-order valence-electron chi connectivity index (χ0n) is 19.9. The van der Waals surface area contributed by atoms with E-state index in [9.17, 15) is 14.4 Å². The van der Waals surface area contributed by atoms with E-state index in [1.807, 2.05) is 48.5 Å². The third-order valence-electron chi connectivity index (χ3n) is 6.01. The molecule has 0 bridgehead atoms. The summed E-state index contributed by atoms with van der Waals surface area (Å²) < 4.78 is 6.85. The molecule has 1 N–H and O–H groups in total. The van der Waals surface area contributed by atoms with Crippen LogP contribution in [0.4, 0.5) is 16.2 Å². The van der Waals surface area contributed by atoms with Crippen molar-refractivity contribution in [1.82, 2.24) is 9.55 Å². The van der Waals surface area contributed by atoms with Gasteiger partial charge in [0.05, 0.1) is 6.20 Å². The first-order chi connectivity index (χ1) is 17.5. The molecule has 0 radical (unpaired) electrons. The minimum absolute atomic E-state index is 0.0217. The summed E-state index contributed by atoms with van der Waals surface area (Å²) in [6.07, 6.45) is 4.88. The van der Waals surface area contributed by atoms with Gasteiger partial charge in [-0.15, -0.1) is 13.2 Å². The first-order valence-electron chi connectivity index (χ1n) is 11.7. The zero-order valence-corrected chi connectivity index (χ0v) is 19.9. The Hall–Kier alpha value is -4.46. The van der Waals surface area contributed by atoms with Gasteiger partial charge in [0.1, 0.15) is 24.2 Å². The molecular formula is C28H28N4O4. The molecule has 0 saturated heterocycles. The van der Waals surface area contributed by atoms with Crippen molar-refractivity contribution in [3.05, 3.63) is 114 Å². The van der Waals surface area contributed by atoms with E-state index in [4.69, 9.17) is 4.74 Å². The van der Waals surface area contributed by atoms with Crippen molar-refractivity contribution in [2.75, 3.05) is 16.8 Å².